The second kappa shape index (κ2) is 7.96. The minimum atomic E-state index is -4.34. The fourth-order valence-electron chi connectivity index (χ4n) is 9.01. The van der Waals surface area contributed by atoms with Crippen LogP contribution >= 0.6 is 11.3 Å². The predicted molar refractivity (Wildman–Crippen MR) is 121 cm³/mol. The van der Waals surface area contributed by atoms with Crippen molar-refractivity contribution in [3.63, 3.8) is 0 Å². The number of aliphatic hydroxyl groups is 1. The zero-order chi connectivity index (χ0) is 22.9. The number of aromatic nitrogens is 1. The second-order valence-electron chi connectivity index (χ2n) is 12.2. The average molecular weight is 470 g/mol. The Morgan fingerprint density at radius 2 is 1.81 bits per heavy atom. The first-order valence-electron chi connectivity index (χ1n) is 12.7. The lowest BCUT2D eigenvalue weighted by molar-refractivity contribution is -0.140. The van der Waals surface area contributed by atoms with Crippen LogP contribution in [0.5, 0.6) is 0 Å². The van der Waals surface area contributed by atoms with E-state index in [-0.39, 0.29) is 0 Å². The summed E-state index contributed by atoms with van der Waals surface area (Å²) in [6.07, 6.45) is 7.10. The third-order valence-corrected chi connectivity index (χ3v) is 11.2. The maximum atomic E-state index is 13.0. The van der Waals surface area contributed by atoms with Gasteiger partial charge in [0.15, 0.2) is 5.69 Å². The first kappa shape index (κ1) is 23.1. The van der Waals surface area contributed by atoms with Crippen molar-refractivity contribution in [1.82, 2.24) is 4.98 Å². The molecule has 32 heavy (non-hydrogen) atoms. The van der Waals surface area contributed by atoms with E-state index in [9.17, 15) is 18.3 Å². The van der Waals surface area contributed by atoms with Gasteiger partial charge in [0.2, 0.25) is 0 Å². The summed E-state index contributed by atoms with van der Waals surface area (Å²) >= 11 is 1.17. The molecule has 6 heteroatoms. The van der Waals surface area contributed by atoms with Crippen molar-refractivity contribution in [2.75, 3.05) is 0 Å². The number of alkyl halides is 3. The summed E-state index contributed by atoms with van der Waals surface area (Å²) in [4.78, 5) is 3.92. The lowest BCUT2D eigenvalue weighted by Crippen LogP contribution is -2.50. The van der Waals surface area contributed by atoms with Crippen molar-refractivity contribution in [3.05, 3.63) is 16.1 Å². The highest BCUT2D eigenvalue weighted by Gasteiger charge is 2.58. The van der Waals surface area contributed by atoms with Crippen LogP contribution in [-0.4, -0.2) is 15.7 Å². The van der Waals surface area contributed by atoms with E-state index < -0.39 is 17.5 Å². The lowest BCUT2D eigenvalue weighted by Gasteiger charge is -2.57. The lowest BCUT2D eigenvalue weighted by atomic mass is 9.48. The van der Waals surface area contributed by atoms with Crippen LogP contribution < -0.4 is 0 Å². The molecule has 4 aliphatic rings. The van der Waals surface area contributed by atoms with Gasteiger partial charge in [0, 0.05) is 11.8 Å². The summed E-state index contributed by atoms with van der Waals surface area (Å²) in [6, 6.07) is 0. The van der Waals surface area contributed by atoms with Gasteiger partial charge in [-0.2, -0.15) is 13.2 Å². The zero-order valence-electron chi connectivity index (χ0n) is 19.6. The van der Waals surface area contributed by atoms with Crippen LogP contribution in [0.2, 0.25) is 0 Å². The predicted octanol–water partition coefficient (Wildman–Crippen LogP) is 7.36. The van der Waals surface area contributed by atoms with E-state index in [0.717, 1.165) is 36.5 Å². The molecule has 4 fully saturated rings. The highest BCUT2D eigenvalue weighted by molar-refractivity contribution is 7.09. The Labute approximate surface area is 194 Å². The molecule has 5 rings (SSSR count). The highest BCUT2D eigenvalue weighted by Crippen LogP contribution is 2.65. The number of nitrogens with zero attached hydrogens (tertiary/aromatic N) is 1. The van der Waals surface area contributed by atoms with Crippen LogP contribution in [0.3, 0.4) is 0 Å². The topological polar surface area (TPSA) is 33.1 Å². The van der Waals surface area contributed by atoms with Gasteiger partial charge in [-0.25, -0.2) is 4.98 Å². The average Bonchev–Trinajstić information content (AvgIpc) is 3.30. The largest absolute Gasteiger partial charge is 0.434 e. The minimum absolute atomic E-state index is 0.317. The van der Waals surface area contributed by atoms with Crippen LogP contribution in [0.1, 0.15) is 89.3 Å². The van der Waals surface area contributed by atoms with Crippen molar-refractivity contribution in [3.8, 4) is 0 Å². The molecular weight excluding hydrogens is 431 g/mol. The van der Waals surface area contributed by atoms with E-state index >= 15 is 0 Å². The Bertz CT molecular complexity index is 835. The quantitative estimate of drug-likeness (QED) is 0.502. The fraction of sp³-hybridized carbons (Fsp3) is 0.885. The number of hydrogen-bond donors (Lipinski definition) is 1. The number of halogens is 3. The van der Waals surface area contributed by atoms with Gasteiger partial charge in [-0.05, 0) is 112 Å². The normalized spacial score (nSPS) is 45.1. The molecule has 1 aromatic heterocycles. The summed E-state index contributed by atoms with van der Waals surface area (Å²) in [5, 5.41) is 12.4. The first-order chi connectivity index (χ1) is 15.0. The van der Waals surface area contributed by atoms with Gasteiger partial charge >= 0.3 is 6.18 Å². The number of hydrogen-bond acceptors (Lipinski definition) is 3. The van der Waals surface area contributed by atoms with Crippen molar-refractivity contribution in [2.24, 2.45) is 46.8 Å². The maximum Gasteiger partial charge on any atom is 0.434 e. The molecule has 1 aromatic rings. The van der Waals surface area contributed by atoms with Gasteiger partial charge in [-0.1, -0.05) is 13.8 Å². The molecule has 0 saturated heterocycles. The Morgan fingerprint density at radius 3 is 2.53 bits per heavy atom. The minimum Gasteiger partial charge on any atom is -0.390 e. The molecular formula is C26H38F3NOS. The smallest absolute Gasteiger partial charge is 0.390 e. The SMILES string of the molecule is C[C@H](Cc1nc(C(F)(F)F)cs1)[C@H]1CC[C@H]2[C@@H]3CC[C@@H]4C[C@](C)(O)CC[C@@H]4[C@H]3CC[C@]12C. The van der Waals surface area contributed by atoms with E-state index in [1.54, 1.807) is 0 Å². The van der Waals surface area contributed by atoms with Crippen molar-refractivity contribution >= 4 is 11.3 Å². The summed E-state index contributed by atoms with van der Waals surface area (Å²) in [5.74, 6) is 4.85. The molecule has 0 aromatic carbocycles. The fourth-order valence-corrected chi connectivity index (χ4v) is 9.95. The van der Waals surface area contributed by atoms with E-state index in [2.05, 4.69) is 18.8 Å². The monoisotopic (exact) mass is 469 g/mol. The van der Waals surface area contributed by atoms with Gasteiger partial charge < -0.3 is 5.11 Å². The standard InChI is InChI=1S/C26H38F3NOS/c1-15(12-23-30-22(14-32-23)26(27,28)29)20-6-7-21-19-5-4-16-13-24(2,31)10-8-17(16)18(19)9-11-25(20,21)3/h14-21,31H,4-13H2,1-3H3/t15-,16-,17+,18-,19-,20-,21+,24-,25-/m1/s1. The van der Waals surface area contributed by atoms with E-state index in [1.807, 2.05) is 6.92 Å². The summed E-state index contributed by atoms with van der Waals surface area (Å²) in [5.41, 5.74) is -0.881. The number of thiazole rings is 1. The van der Waals surface area contributed by atoms with E-state index in [1.165, 1.54) is 61.7 Å². The molecule has 4 aliphatic carbocycles. The van der Waals surface area contributed by atoms with Gasteiger partial charge in [0.25, 0.3) is 0 Å². The Morgan fingerprint density at radius 1 is 1.06 bits per heavy atom. The van der Waals surface area contributed by atoms with Crippen molar-refractivity contribution in [1.29, 1.82) is 0 Å². The summed E-state index contributed by atoms with van der Waals surface area (Å²) in [7, 11) is 0. The molecule has 2 nitrogen and oxygen atoms in total. The second-order valence-corrected chi connectivity index (χ2v) is 13.2. The highest BCUT2D eigenvalue weighted by atomic mass is 32.1. The van der Waals surface area contributed by atoms with Crippen LogP contribution in [-0.2, 0) is 12.6 Å². The molecule has 4 saturated carbocycles. The van der Waals surface area contributed by atoms with Gasteiger partial charge in [0.1, 0.15) is 0 Å². The van der Waals surface area contributed by atoms with E-state index in [0.29, 0.717) is 34.6 Å². The Kier molecular flexibility index (Phi) is 5.76. The van der Waals surface area contributed by atoms with Crippen LogP contribution in [0.15, 0.2) is 5.38 Å². The maximum absolute atomic E-state index is 13.0. The first-order valence-corrected chi connectivity index (χ1v) is 13.6. The van der Waals surface area contributed by atoms with Gasteiger partial charge in [0.05, 0.1) is 10.6 Å². The number of fused-ring (bicyclic) bond motifs is 5. The summed E-state index contributed by atoms with van der Waals surface area (Å²) < 4.78 is 38.9. The molecule has 9 atom stereocenters. The summed E-state index contributed by atoms with van der Waals surface area (Å²) in [6.45, 7) is 6.78. The van der Waals surface area contributed by atoms with Gasteiger partial charge in [-0.15, -0.1) is 11.3 Å². The van der Waals surface area contributed by atoms with Crippen molar-refractivity contribution < 1.29 is 18.3 Å². The van der Waals surface area contributed by atoms with Crippen molar-refractivity contribution in [2.45, 2.75) is 96.8 Å². The molecule has 0 amide bonds. The van der Waals surface area contributed by atoms with Crippen LogP contribution in [0.25, 0.3) is 0 Å². The Hall–Kier alpha value is -0.620. The molecule has 0 unspecified atom stereocenters. The molecule has 0 bridgehead atoms. The zero-order valence-corrected chi connectivity index (χ0v) is 20.4. The Balaban J connectivity index is 1.28. The van der Waals surface area contributed by atoms with Gasteiger partial charge in [-0.3, -0.25) is 0 Å². The number of rotatable bonds is 3. The third kappa shape index (κ3) is 3.95. The molecule has 1 heterocycles. The molecule has 180 valence electrons. The third-order valence-electron chi connectivity index (χ3n) is 10.3. The molecule has 1 N–H and O–H groups in total. The van der Waals surface area contributed by atoms with Crippen LogP contribution in [0.4, 0.5) is 13.2 Å². The molecule has 0 aliphatic heterocycles. The van der Waals surface area contributed by atoms with E-state index in [4.69, 9.17) is 0 Å². The van der Waals surface area contributed by atoms with Crippen LogP contribution in [0, 0.1) is 46.8 Å². The molecule has 0 radical (unpaired) electrons. The molecule has 0 spiro atoms.